The van der Waals surface area contributed by atoms with Gasteiger partial charge in [-0.1, -0.05) is 29.5 Å². The lowest BCUT2D eigenvalue weighted by Crippen LogP contribution is -2.11. The Morgan fingerprint density at radius 1 is 1.27 bits per heavy atom. The Balaban J connectivity index is 2.78. The molecule has 0 nitrogen and oxygen atoms in total. The summed E-state index contributed by atoms with van der Waals surface area (Å²) in [7, 11) is 3.46. The fourth-order valence-corrected chi connectivity index (χ4v) is 1.48. The van der Waals surface area contributed by atoms with Crippen molar-refractivity contribution in [1.82, 2.24) is 0 Å². The van der Waals surface area contributed by atoms with Gasteiger partial charge in [-0.15, -0.1) is 23.2 Å². The molecule has 0 saturated heterocycles. The predicted molar refractivity (Wildman–Crippen MR) is 51.0 cm³/mol. The zero-order valence-corrected chi connectivity index (χ0v) is 8.36. The van der Waals surface area contributed by atoms with Crippen LogP contribution in [0.5, 0.6) is 0 Å². The average Bonchev–Trinajstić information content (AvgIpc) is 1.93. The number of hydrogen-bond acceptors (Lipinski definition) is 0. The second-order valence-electron chi connectivity index (χ2n) is 2.25. The van der Waals surface area contributed by atoms with Gasteiger partial charge in [0, 0.05) is 6.42 Å². The maximum atomic E-state index is 5.63. The Hall–Kier alpha value is 0.0169. The smallest absolute Gasteiger partial charge is 0.105 e. The van der Waals surface area contributed by atoms with Crippen LogP contribution in [0.1, 0.15) is 5.56 Å². The van der Waals surface area contributed by atoms with Gasteiger partial charge in [0.2, 0.25) is 0 Å². The Morgan fingerprint density at radius 3 is 2.45 bits per heavy atom. The lowest BCUT2D eigenvalue weighted by atomic mass is 10.2. The Labute approximate surface area is 79.9 Å². The number of benzene rings is 1. The highest BCUT2D eigenvalue weighted by Crippen LogP contribution is 2.08. The number of rotatable bonds is 2. The summed E-state index contributed by atoms with van der Waals surface area (Å²) >= 11 is 11.3. The lowest BCUT2D eigenvalue weighted by Gasteiger charge is -2.04. The molecule has 0 spiro atoms. The minimum Gasteiger partial charge on any atom is -0.105 e. The van der Waals surface area contributed by atoms with Crippen molar-refractivity contribution >= 4 is 38.6 Å². The molecule has 3 radical (unpaired) electrons. The molecule has 1 aromatic rings. The van der Waals surface area contributed by atoms with E-state index in [1.165, 1.54) is 0 Å². The normalized spacial score (nSPS) is 10.5. The fourth-order valence-electron chi connectivity index (χ4n) is 0.865. The van der Waals surface area contributed by atoms with Gasteiger partial charge in [-0.05, 0) is 5.56 Å². The van der Waals surface area contributed by atoms with Gasteiger partial charge in [0.15, 0.2) is 0 Å². The molecule has 0 aliphatic carbocycles. The van der Waals surface area contributed by atoms with Gasteiger partial charge in [-0.3, -0.25) is 0 Å². The summed E-state index contributed by atoms with van der Waals surface area (Å²) in [5.74, 6) is 0. The van der Waals surface area contributed by atoms with Crippen LogP contribution in [-0.4, -0.2) is 15.1 Å². The summed E-state index contributed by atoms with van der Waals surface area (Å²) in [4.78, 5) is -0.326. The molecule has 1 rings (SSSR count). The van der Waals surface area contributed by atoms with E-state index in [4.69, 9.17) is 23.2 Å². The molecule has 0 unspecified atom stereocenters. The third kappa shape index (κ3) is 2.85. The molecule has 0 bridgehead atoms. The van der Waals surface area contributed by atoms with E-state index >= 15 is 0 Å². The van der Waals surface area contributed by atoms with Gasteiger partial charge in [-0.2, -0.15) is 0 Å². The van der Waals surface area contributed by atoms with Crippen LogP contribution in [-0.2, 0) is 6.42 Å². The molecule has 1 aromatic carbocycles. The molecule has 0 N–H and O–H groups in total. The summed E-state index contributed by atoms with van der Waals surface area (Å²) < 4.78 is 0. The first-order valence-electron chi connectivity index (χ1n) is 3.28. The van der Waals surface area contributed by atoms with Crippen molar-refractivity contribution in [2.45, 2.75) is 11.3 Å². The van der Waals surface area contributed by atoms with E-state index in [1.54, 1.807) is 0 Å². The van der Waals surface area contributed by atoms with Gasteiger partial charge in [0.1, 0.15) is 4.84 Å². The summed E-state index contributed by atoms with van der Waals surface area (Å²) in [6, 6.07) is 7.90. The minimum atomic E-state index is -0.326. The highest BCUT2D eigenvalue weighted by Gasteiger charge is 2.02. The zero-order valence-electron chi connectivity index (χ0n) is 5.85. The molecule has 0 fully saturated rings. The Morgan fingerprint density at radius 2 is 1.91 bits per heavy atom. The van der Waals surface area contributed by atoms with E-state index in [0.29, 0.717) is 6.42 Å². The monoisotopic (exact) mass is 201 g/mol. The van der Waals surface area contributed by atoms with Crippen molar-refractivity contribution < 1.29 is 0 Å². The maximum Gasteiger partial charge on any atom is 0.111 e. The Bertz CT molecular complexity index is 235. The molecule has 0 aliphatic rings. The highest BCUT2D eigenvalue weighted by molar-refractivity contribution is 6.44. The lowest BCUT2D eigenvalue weighted by molar-refractivity contribution is 1.10. The van der Waals surface area contributed by atoms with Gasteiger partial charge >= 0.3 is 0 Å². The summed E-state index contributed by atoms with van der Waals surface area (Å²) in [6.07, 6.45) is 0.683. The van der Waals surface area contributed by atoms with Gasteiger partial charge in [0.25, 0.3) is 0 Å². The quantitative estimate of drug-likeness (QED) is 0.507. The first kappa shape index (κ1) is 9.11. The molecule has 0 atom stereocenters. The molecule has 3 heteroatoms. The molecular formula is C8H7Cl2Si. The van der Waals surface area contributed by atoms with E-state index in [-0.39, 0.29) is 4.84 Å². The van der Waals surface area contributed by atoms with Crippen LogP contribution in [0.2, 0.25) is 0 Å². The topological polar surface area (TPSA) is 0 Å². The van der Waals surface area contributed by atoms with Crippen LogP contribution in [0.15, 0.2) is 24.3 Å². The van der Waals surface area contributed by atoms with Crippen LogP contribution in [0.25, 0.3) is 0 Å². The standard InChI is InChI=1S/C8H7Cl2Si/c9-8(10)5-6-3-1-2-4-7(6)11/h1-4,8H,5H2. The van der Waals surface area contributed by atoms with E-state index in [2.05, 4.69) is 10.2 Å². The first-order valence-corrected chi connectivity index (χ1v) is 4.65. The molecule has 57 valence electrons. The van der Waals surface area contributed by atoms with Crippen LogP contribution >= 0.6 is 23.2 Å². The average molecular weight is 202 g/mol. The molecule has 0 aromatic heterocycles. The highest BCUT2D eigenvalue weighted by atomic mass is 35.5. The zero-order chi connectivity index (χ0) is 8.27. The van der Waals surface area contributed by atoms with Crippen molar-refractivity contribution in [3.8, 4) is 0 Å². The van der Waals surface area contributed by atoms with Gasteiger partial charge in [-0.25, -0.2) is 0 Å². The Kier molecular flexibility index (Phi) is 3.43. The van der Waals surface area contributed by atoms with Crippen molar-refractivity contribution in [2.24, 2.45) is 0 Å². The van der Waals surface area contributed by atoms with Gasteiger partial charge < -0.3 is 0 Å². The number of alkyl halides is 2. The van der Waals surface area contributed by atoms with Crippen LogP contribution < -0.4 is 5.19 Å². The number of hydrogen-bond donors (Lipinski definition) is 0. The third-order valence-corrected chi connectivity index (χ3v) is 2.19. The summed E-state index contributed by atoms with van der Waals surface area (Å²) in [5, 5.41) is 1.05. The van der Waals surface area contributed by atoms with E-state index in [1.807, 2.05) is 24.3 Å². The molecule has 0 aliphatic heterocycles. The minimum absolute atomic E-state index is 0.326. The second-order valence-corrected chi connectivity index (χ2v) is 4.07. The second kappa shape index (κ2) is 4.15. The molecular weight excluding hydrogens is 195 g/mol. The fraction of sp³-hybridized carbons (Fsp3) is 0.250. The SMILES string of the molecule is [Si]c1ccccc1CC(Cl)Cl. The van der Waals surface area contributed by atoms with Crippen LogP contribution in [0.3, 0.4) is 0 Å². The van der Waals surface area contributed by atoms with Crippen LogP contribution in [0.4, 0.5) is 0 Å². The van der Waals surface area contributed by atoms with Crippen LogP contribution in [0, 0.1) is 0 Å². The van der Waals surface area contributed by atoms with E-state index < -0.39 is 0 Å². The predicted octanol–water partition coefficient (Wildman–Crippen LogP) is 1.83. The molecule has 11 heavy (non-hydrogen) atoms. The summed E-state index contributed by atoms with van der Waals surface area (Å²) in [6.45, 7) is 0. The first-order chi connectivity index (χ1) is 5.20. The number of halogens is 2. The van der Waals surface area contributed by atoms with Crippen molar-refractivity contribution in [1.29, 1.82) is 0 Å². The molecule has 0 saturated carbocycles. The van der Waals surface area contributed by atoms with E-state index in [0.717, 1.165) is 10.8 Å². The third-order valence-electron chi connectivity index (χ3n) is 1.39. The molecule has 0 amide bonds. The van der Waals surface area contributed by atoms with E-state index in [9.17, 15) is 0 Å². The van der Waals surface area contributed by atoms with Crippen molar-refractivity contribution in [2.75, 3.05) is 0 Å². The molecule has 0 heterocycles. The van der Waals surface area contributed by atoms with Crippen molar-refractivity contribution in [3.05, 3.63) is 29.8 Å². The largest absolute Gasteiger partial charge is 0.111 e. The van der Waals surface area contributed by atoms with Crippen molar-refractivity contribution in [3.63, 3.8) is 0 Å². The van der Waals surface area contributed by atoms with Gasteiger partial charge in [0.05, 0.1) is 10.2 Å². The summed E-state index contributed by atoms with van der Waals surface area (Å²) in [5.41, 5.74) is 1.14. The maximum absolute atomic E-state index is 5.63.